The SMILES string of the molecule is CC.COc1c(C)ccnc1F. The van der Waals surface area contributed by atoms with Gasteiger partial charge in [0.25, 0.3) is 5.95 Å². The molecule has 0 aliphatic carbocycles. The molecule has 0 aliphatic heterocycles. The normalized spacial score (nSPS) is 8.42. The molecule has 0 unspecified atom stereocenters. The zero-order valence-electron chi connectivity index (χ0n) is 7.89. The summed E-state index contributed by atoms with van der Waals surface area (Å²) in [6.45, 7) is 5.77. The molecule has 3 heteroatoms. The number of ether oxygens (including phenoxy) is 1. The summed E-state index contributed by atoms with van der Waals surface area (Å²) in [6.07, 6.45) is 1.41. The maximum atomic E-state index is 12.6. The van der Waals surface area contributed by atoms with E-state index in [9.17, 15) is 4.39 Å². The van der Waals surface area contributed by atoms with Crippen LogP contribution in [0.15, 0.2) is 12.3 Å². The van der Waals surface area contributed by atoms with E-state index < -0.39 is 5.95 Å². The number of hydrogen-bond acceptors (Lipinski definition) is 2. The lowest BCUT2D eigenvalue weighted by Crippen LogP contribution is -1.93. The second-order valence-corrected chi connectivity index (χ2v) is 1.95. The number of nitrogens with zero attached hydrogens (tertiary/aromatic N) is 1. The van der Waals surface area contributed by atoms with E-state index in [2.05, 4.69) is 4.98 Å². The molecular formula is C9H14FNO. The Kier molecular flexibility index (Phi) is 5.00. The van der Waals surface area contributed by atoms with Crippen molar-refractivity contribution in [2.24, 2.45) is 0 Å². The molecule has 0 atom stereocenters. The van der Waals surface area contributed by atoms with Crippen molar-refractivity contribution < 1.29 is 9.13 Å². The van der Waals surface area contributed by atoms with Crippen molar-refractivity contribution in [3.05, 3.63) is 23.8 Å². The highest BCUT2D eigenvalue weighted by Crippen LogP contribution is 2.17. The number of aromatic nitrogens is 1. The molecule has 1 aromatic rings. The Labute approximate surface area is 72.4 Å². The molecule has 2 nitrogen and oxygen atoms in total. The third-order valence-electron chi connectivity index (χ3n) is 1.26. The highest BCUT2D eigenvalue weighted by molar-refractivity contribution is 5.29. The van der Waals surface area contributed by atoms with Gasteiger partial charge >= 0.3 is 0 Å². The van der Waals surface area contributed by atoms with Gasteiger partial charge < -0.3 is 4.74 Å². The highest BCUT2D eigenvalue weighted by atomic mass is 19.1. The zero-order valence-corrected chi connectivity index (χ0v) is 7.89. The summed E-state index contributed by atoms with van der Waals surface area (Å²) >= 11 is 0. The molecule has 68 valence electrons. The molecule has 0 aliphatic rings. The van der Waals surface area contributed by atoms with Gasteiger partial charge in [0.1, 0.15) is 0 Å². The van der Waals surface area contributed by atoms with E-state index in [1.807, 2.05) is 13.8 Å². The molecular weight excluding hydrogens is 157 g/mol. The average molecular weight is 171 g/mol. The minimum atomic E-state index is -0.553. The number of pyridine rings is 1. The van der Waals surface area contributed by atoms with Crippen LogP contribution < -0.4 is 4.74 Å². The van der Waals surface area contributed by atoms with Crippen LogP contribution >= 0.6 is 0 Å². The van der Waals surface area contributed by atoms with Crippen LogP contribution in [-0.2, 0) is 0 Å². The molecule has 0 fully saturated rings. The number of methoxy groups -OCH3 is 1. The van der Waals surface area contributed by atoms with Gasteiger partial charge in [-0.1, -0.05) is 13.8 Å². The number of hydrogen-bond donors (Lipinski definition) is 0. The van der Waals surface area contributed by atoms with Gasteiger partial charge in [0.15, 0.2) is 5.75 Å². The van der Waals surface area contributed by atoms with Crippen LogP contribution in [0.1, 0.15) is 19.4 Å². The van der Waals surface area contributed by atoms with E-state index in [1.165, 1.54) is 13.3 Å². The van der Waals surface area contributed by atoms with E-state index in [-0.39, 0.29) is 5.75 Å². The summed E-state index contributed by atoms with van der Waals surface area (Å²) in [4.78, 5) is 3.42. The Morgan fingerprint density at radius 1 is 1.42 bits per heavy atom. The summed E-state index contributed by atoms with van der Waals surface area (Å²) in [6, 6.07) is 1.70. The van der Waals surface area contributed by atoms with Gasteiger partial charge in [-0.15, -0.1) is 0 Å². The summed E-state index contributed by atoms with van der Waals surface area (Å²) in [7, 11) is 1.42. The topological polar surface area (TPSA) is 22.1 Å². The molecule has 0 spiro atoms. The number of aryl methyl sites for hydroxylation is 1. The van der Waals surface area contributed by atoms with Gasteiger partial charge in [0.05, 0.1) is 7.11 Å². The van der Waals surface area contributed by atoms with Crippen LogP contribution in [0.25, 0.3) is 0 Å². The summed E-state index contributed by atoms with van der Waals surface area (Å²) < 4.78 is 17.4. The van der Waals surface area contributed by atoms with E-state index >= 15 is 0 Å². The van der Waals surface area contributed by atoms with Crippen LogP contribution in [-0.4, -0.2) is 12.1 Å². The summed E-state index contributed by atoms with van der Waals surface area (Å²) in [5.41, 5.74) is 0.759. The molecule has 0 bridgehead atoms. The largest absolute Gasteiger partial charge is 0.492 e. The Morgan fingerprint density at radius 2 is 2.00 bits per heavy atom. The molecule has 0 aromatic carbocycles. The first-order valence-corrected chi connectivity index (χ1v) is 3.91. The van der Waals surface area contributed by atoms with Gasteiger partial charge in [0, 0.05) is 6.20 Å². The van der Waals surface area contributed by atoms with Gasteiger partial charge in [0.2, 0.25) is 0 Å². The third kappa shape index (κ3) is 2.49. The van der Waals surface area contributed by atoms with Gasteiger partial charge in [-0.25, -0.2) is 4.98 Å². The third-order valence-corrected chi connectivity index (χ3v) is 1.26. The molecule has 0 saturated carbocycles. The van der Waals surface area contributed by atoms with Crippen molar-refractivity contribution >= 4 is 0 Å². The lowest BCUT2D eigenvalue weighted by Gasteiger charge is -2.02. The molecule has 1 rings (SSSR count). The van der Waals surface area contributed by atoms with E-state index in [1.54, 1.807) is 13.0 Å². The van der Waals surface area contributed by atoms with E-state index in [4.69, 9.17) is 4.74 Å². The van der Waals surface area contributed by atoms with Gasteiger partial charge in [-0.3, -0.25) is 0 Å². The maximum absolute atomic E-state index is 12.6. The number of rotatable bonds is 1. The van der Waals surface area contributed by atoms with Crippen LogP contribution in [0.4, 0.5) is 4.39 Å². The first kappa shape index (κ1) is 10.9. The molecule has 0 radical (unpaired) electrons. The van der Waals surface area contributed by atoms with Crippen molar-refractivity contribution in [2.45, 2.75) is 20.8 Å². The van der Waals surface area contributed by atoms with Crippen molar-refractivity contribution in [3.63, 3.8) is 0 Å². The minimum absolute atomic E-state index is 0.225. The molecule has 0 saturated heterocycles. The first-order valence-electron chi connectivity index (χ1n) is 3.91. The Balaban J connectivity index is 0.000000561. The van der Waals surface area contributed by atoms with Crippen molar-refractivity contribution in [1.82, 2.24) is 4.98 Å². The Morgan fingerprint density at radius 3 is 2.33 bits per heavy atom. The fourth-order valence-corrected chi connectivity index (χ4v) is 0.757. The molecule has 0 N–H and O–H groups in total. The van der Waals surface area contributed by atoms with Crippen LogP contribution in [0.2, 0.25) is 0 Å². The first-order chi connectivity index (χ1) is 5.75. The Bertz CT molecular complexity index is 218. The summed E-state index contributed by atoms with van der Waals surface area (Å²) in [5, 5.41) is 0. The maximum Gasteiger partial charge on any atom is 0.255 e. The van der Waals surface area contributed by atoms with E-state index in [0.717, 1.165) is 5.56 Å². The second kappa shape index (κ2) is 5.52. The predicted molar refractivity (Wildman–Crippen MR) is 46.8 cm³/mol. The monoisotopic (exact) mass is 171 g/mol. The lowest BCUT2D eigenvalue weighted by molar-refractivity contribution is 0.374. The molecule has 1 heterocycles. The van der Waals surface area contributed by atoms with E-state index in [0.29, 0.717) is 0 Å². The predicted octanol–water partition coefficient (Wildman–Crippen LogP) is 2.56. The highest BCUT2D eigenvalue weighted by Gasteiger charge is 2.04. The second-order valence-electron chi connectivity index (χ2n) is 1.95. The zero-order chi connectivity index (χ0) is 9.56. The lowest BCUT2D eigenvalue weighted by atomic mass is 10.3. The Hall–Kier alpha value is -1.12. The van der Waals surface area contributed by atoms with Crippen LogP contribution in [0, 0.1) is 12.9 Å². The van der Waals surface area contributed by atoms with Gasteiger partial charge in [-0.2, -0.15) is 4.39 Å². The molecule has 0 amide bonds. The fraction of sp³-hybridized carbons (Fsp3) is 0.444. The van der Waals surface area contributed by atoms with Crippen molar-refractivity contribution in [3.8, 4) is 5.75 Å². The molecule has 1 aromatic heterocycles. The average Bonchev–Trinajstić information content (AvgIpc) is 2.08. The quantitative estimate of drug-likeness (QED) is 0.606. The fourth-order valence-electron chi connectivity index (χ4n) is 0.757. The standard InChI is InChI=1S/C7H8FNO.C2H6/c1-5-3-4-9-7(8)6(5)10-2;1-2/h3-4H,1-2H3;1-2H3. The minimum Gasteiger partial charge on any atom is -0.492 e. The number of halogens is 1. The van der Waals surface area contributed by atoms with Crippen LogP contribution in [0.5, 0.6) is 5.75 Å². The van der Waals surface area contributed by atoms with Crippen molar-refractivity contribution in [1.29, 1.82) is 0 Å². The smallest absolute Gasteiger partial charge is 0.255 e. The van der Waals surface area contributed by atoms with Crippen molar-refractivity contribution in [2.75, 3.05) is 7.11 Å². The summed E-state index contributed by atoms with van der Waals surface area (Å²) in [5.74, 6) is -0.329. The van der Waals surface area contributed by atoms with Crippen LogP contribution in [0.3, 0.4) is 0 Å². The van der Waals surface area contributed by atoms with Gasteiger partial charge in [-0.05, 0) is 18.6 Å². The molecule has 12 heavy (non-hydrogen) atoms.